The smallest absolute Gasteiger partial charge is 0.231 e. The molecular weight excluding hydrogens is 370 g/mol. The third-order valence-electron chi connectivity index (χ3n) is 5.18. The lowest BCUT2D eigenvalue weighted by Crippen LogP contribution is -2.58. The molecule has 2 N–H and O–H groups in total. The van der Waals surface area contributed by atoms with E-state index in [-0.39, 0.29) is 12.6 Å². The van der Waals surface area contributed by atoms with Gasteiger partial charge >= 0.3 is 0 Å². The van der Waals surface area contributed by atoms with E-state index in [9.17, 15) is 9.90 Å². The van der Waals surface area contributed by atoms with Crippen LogP contribution in [0.25, 0.3) is 20.2 Å². The lowest BCUT2D eigenvalue weighted by Gasteiger charge is -2.40. The van der Waals surface area contributed by atoms with Crippen LogP contribution in [0.2, 0.25) is 0 Å². The van der Waals surface area contributed by atoms with Crippen LogP contribution in [-0.2, 0) is 10.3 Å². The molecule has 142 valence electrons. The molecular formula is C22H21N3O2S. The fourth-order valence-corrected chi connectivity index (χ4v) is 4.71. The Labute approximate surface area is 167 Å². The van der Waals surface area contributed by atoms with Crippen LogP contribution in [0.5, 0.6) is 0 Å². The summed E-state index contributed by atoms with van der Waals surface area (Å²) in [6, 6.07) is 12.6. The molecule has 5 nitrogen and oxygen atoms in total. The monoisotopic (exact) mass is 391 g/mol. The minimum Gasteiger partial charge on any atom is -0.374 e. The van der Waals surface area contributed by atoms with Gasteiger partial charge in [0.1, 0.15) is 6.73 Å². The van der Waals surface area contributed by atoms with Crippen LogP contribution < -0.4 is 5.32 Å². The molecule has 2 heterocycles. The summed E-state index contributed by atoms with van der Waals surface area (Å²) in [5.41, 5.74) is 1.41. The molecule has 28 heavy (non-hydrogen) atoms. The Morgan fingerprint density at radius 2 is 1.96 bits per heavy atom. The summed E-state index contributed by atoms with van der Waals surface area (Å²) in [4.78, 5) is 18.0. The molecule has 0 saturated carbocycles. The van der Waals surface area contributed by atoms with Gasteiger partial charge in [0.25, 0.3) is 0 Å². The van der Waals surface area contributed by atoms with Crippen molar-refractivity contribution in [3.05, 3.63) is 47.5 Å². The number of guanidine groups is 1. The maximum atomic E-state index is 12.5. The Balaban J connectivity index is 1.85. The molecule has 6 heteroatoms. The Hall–Kier alpha value is -2.88. The van der Waals surface area contributed by atoms with Crippen molar-refractivity contribution in [1.29, 1.82) is 0 Å². The average Bonchev–Trinajstić information content (AvgIpc) is 3.03. The van der Waals surface area contributed by atoms with Gasteiger partial charge in [-0.25, -0.2) is 4.99 Å². The third kappa shape index (κ3) is 3.03. The van der Waals surface area contributed by atoms with Crippen molar-refractivity contribution < 1.29 is 9.90 Å². The Morgan fingerprint density at radius 1 is 1.25 bits per heavy atom. The summed E-state index contributed by atoms with van der Waals surface area (Å²) in [6.45, 7) is 3.46. The number of carbonyl (C=O) groups excluding carboxylic acids is 1. The van der Waals surface area contributed by atoms with Crippen molar-refractivity contribution in [2.75, 3.05) is 13.8 Å². The number of benzene rings is 2. The highest BCUT2D eigenvalue weighted by atomic mass is 32.1. The molecule has 0 bridgehead atoms. The summed E-state index contributed by atoms with van der Waals surface area (Å²) in [5, 5.41) is 14.9. The van der Waals surface area contributed by atoms with E-state index >= 15 is 0 Å². The van der Waals surface area contributed by atoms with Crippen molar-refractivity contribution in [3.8, 4) is 11.8 Å². The number of fused-ring (bicyclic) bond motifs is 3. The second-order valence-corrected chi connectivity index (χ2v) is 8.19. The van der Waals surface area contributed by atoms with Crippen LogP contribution in [0.15, 0.2) is 41.4 Å². The third-order valence-corrected chi connectivity index (χ3v) is 6.33. The molecule has 1 saturated heterocycles. The molecule has 0 unspecified atom stereocenters. The van der Waals surface area contributed by atoms with Gasteiger partial charge in [-0.2, -0.15) is 0 Å². The zero-order chi connectivity index (χ0) is 19.9. The topological polar surface area (TPSA) is 64.9 Å². The van der Waals surface area contributed by atoms with Gasteiger partial charge in [0, 0.05) is 32.8 Å². The van der Waals surface area contributed by atoms with Gasteiger partial charge in [-0.05, 0) is 49.7 Å². The van der Waals surface area contributed by atoms with E-state index in [1.54, 1.807) is 18.4 Å². The predicted molar refractivity (Wildman–Crippen MR) is 114 cm³/mol. The molecule has 1 aliphatic rings. The number of aliphatic imine (C=N–C) groups is 1. The highest BCUT2D eigenvalue weighted by Crippen LogP contribution is 2.38. The van der Waals surface area contributed by atoms with Gasteiger partial charge in [-0.1, -0.05) is 12.0 Å². The van der Waals surface area contributed by atoms with Gasteiger partial charge < -0.3 is 10.4 Å². The normalized spacial score (nSPS) is 21.1. The van der Waals surface area contributed by atoms with Crippen LogP contribution in [0.3, 0.4) is 0 Å². The number of nitrogens with one attached hydrogen (secondary N) is 1. The van der Waals surface area contributed by atoms with Crippen LogP contribution in [-0.4, -0.2) is 35.7 Å². The highest BCUT2D eigenvalue weighted by Gasteiger charge is 2.38. The number of aliphatic hydroxyl groups is 1. The van der Waals surface area contributed by atoms with E-state index in [0.717, 1.165) is 16.5 Å². The van der Waals surface area contributed by atoms with Crippen molar-refractivity contribution in [2.45, 2.75) is 25.8 Å². The first kappa shape index (κ1) is 18.5. The van der Waals surface area contributed by atoms with E-state index in [1.165, 1.54) is 19.7 Å². The number of aliphatic hydroxyl groups excluding tert-OH is 1. The van der Waals surface area contributed by atoms with Crippen LogP contribution in [0.1, 0.15) is 31.4 Å². The van der Waals surface area contributed by atoms with E-state index in [2.05, 4.69) is 52.5 Å². The molecule has 1 atom stereocenters. The molecule has 1 amide bonds. The van der Waals surface area contributed by atoms with E-state index in [1.807, 2.05) is 19.9 Å². The van der Waals surface area contributed by atoms with Gasteiger partial charge in [0.2, 0.25) is 11.9 Å². The molecule has 1 aromatic heterocycles. The molecule has 0 radical (unpaired) electrons. The van der Waals surface area contributed by atoms with Gasteiger partial charge in [-0.15, -0.1) is 17.3 Å². The summed E-state index contributed by atoms with van der Waals surface area (Å²) in [7, 11) is 1.66. The maximum Gasteiger partial charge on any atom is 0.231 e. The summed E-state index contributed by atoms with van der Waals surface area (Å²) in [5.74, 6) is 6.42. The quantitative estimate of drug-likeness (QED) is 0.658. The first-order valence-corrected chi connectivity index (χ1v) is 9.86. The van der Waals surface area contributed by atoms with Gasteiger partial charge in [-0.3, -0.25) is 9.69 Å². The number of hydrogen-bond donors (Lipinski definition) is 2. The van der Waals surface area contributed by atoms with Gasteiger partial charge in [0.15, 0.2) is 0 Å². The first-order chi connectivity index (χ1) is 13.4. The van der Waals surface area contributed by atoms with Crippen molar-refractivity contribution >= 4 is 43.4 Å². The number of amides is 1. The first-order valence-electron chi connectivity index (χ1n) is 9.05. The van der Waals surface area contributed by atoms with E-state index < -0.39 is 5.54 Å². The lowest BCUT2D eigenvalue weighted by atomic mass is 9.86. The molecule has 2 aromatic carbocycles. The SMILES string of the molecule is CC#Cc1ccc2sc3ccc([C@]4(C)CC(=O)N(C)/C(=N\CO)N4)cc3c2c1. The Kier molecular flexibility index (Phi) is 4.58. The summed E-state index contributed by atoms with van der Waals surface area (Å²) >= 11 is 1.75. The van der Waals surface area contributed by atoms with E-state index in [4.69, 9.17) is 0 Å². The molecule has 3 aromatic rings. The zero-order valence-corrected chi connectivity index (χ0v) is 16.9. The number of carbonyl (C=O) groups is 1. The minimum absolute atomic E-state index is 0.0377. The second-order valence-electron chi connectivity index (χ2n) is 7.11. The number of nitrogens with zero attached hydrogens (tertiary/aromatic N) is 2. The predicted octanol–water partition coefficient (Wildman–Crippen LogP) is 3.40. The standard InChI is InChI=1S/C22H21N3O2S/c1-4-5-14-6-8-18-16(10-14)17-11-15(7-9-19(17)28-18)22(2)12-20(27)25(3)21(24-22)23-13-26/h6-11,26H,12-13H2,1-3H3,(H,23,24)/t22-/m0/s1. The molecule has 1 fully saturated rings. The Morgan fingerprint density at radius 3 is 2.68 bits per heavy atom. The van der Waals surface area contributed by atoms with Crippen molar-refractivity contribution in [1.82, 2.24) is 10.2 Å². The molecule has 4 rings (SSSR count). The summed E-state index contributed by atoms with van der Waals surface area (Å²) in [6.07, 6.45) is 0.314. The van der Waals surface area contributed by atoms with Crippen LogP contribution in [0.4, 0.5) is 0 Å². The zero-order valence-electron chi connectivity index (χ0n) is 16.0. The average molecular weight is 391 g/mol. The fraction of sp³-hybridized carbons (Fsp3) is 0.273. The summed E-state index contributed by atoms with van der Waals surface area (Å²) < 4.78 is 2.42. The van der Waals surface area contributed by atoms with Crippen molar-refractivity contribution in [2.24, 2.45) is 4.99 Å². The maximum absolute atomic E-state index is 12.5. The van der Waals surface area contributed by atoms with Crippen LogP contribution in [0, 0.1) is 11.8 Å². The number of hydrogen-bond acceptors (Lipinski definition) is 4. The number of rotatable bonds is 2. The Bertz CT molecular complexity index is 1180. The second kappa shape index (κ2) is 6.93. The number of thiophene rings is 1. The minimum atomic E-state index is -0.596. The molecule has 0 spiro atoms. The largest absolute Gasteiger partial charge is 0.374 e. The van der Waals surface area contributed by atoms with Crippen molar-refractivity contribution in [3.63, 3.8) is 0 Å². The molecule has 0 aliphatic carbocycles. The fourth-order valence-electron chi connectivity index (χ4n) is 3.64. The lowest BCUT2D eigenvalue weighted by molar-refractivity contribution is -0.129. The highest BCUT2D eigenvalue weighted by molar-refractivity contribution is 7.25. The van der Waals surface area contributed by atoms with Gasteiger partial charge in [0.05, 0.1) is 12.0 Å². The van der Waals surface area contributed by atoms with Crippen LogP contribution >= 0.6 is 11.3 Å². The van der Waals surface area contributed by atoms with E-state index in [0.29, 0.717) is 12.4 Å². The molecule has 1 aliphatic heterocycles.